The lowest BCUT2D eigenvalue weighted by Crippen LogP contribution is -2.19. The molecule has 4 rings (SSSR count). The summed E-state index contributed by atoms with van der Waals surface area (Å²) in [5.41, 5.74) is 0. The zero-order valence-corrected chi connectivity index (χ0v) is 4.49. The van der Waals surface area contributed by atoms with E-state index in [4.69, 9.17) is 5.11 Å². The van der Waals surface area contributed by atoms with Gasteiger partial charge >= 0.3 is 0 Å². The van der Waals surface area contributed by atoms with E-state index in [2.05, 4.69) is 6.08 Å². The molecule has 5 atom stereocenters. The molecule has 1 N–H and O–H groups in total. The average Bonchev–Trinajstić information content (AvgIpc) is 2.48. The Kier molecular flexibility index (Phi) is 0.358. The van der Waals surface area contributed by atoms with Gasteiger partial charge in [0.1, 0.15) is 0 Å². The van der Waals surface area contributed by atoms with E-state index in [0.29, 0.717) is 5.92 Å². The van der Waals surface area contributed by atoms with Crippen LogP contribution in [0, 0.1) is 23.7 Å². The Morgan fingerprint density at radius 2 is 1.75 bits per heavy atom. The van der Waals surface area contributed by atoms with E-state index < -0.39 is 0 Å². The van der Waals surface area contributed by atoms with E-state index in [1.165, 1.54) is 0 Å². The second-order valence-corrected chi connectivity index (χ2v) is 3.18. The Hall–Kier alpha value is -0.300. The van der Waals surface area contributed by atoms with Crippen LogP contribution in [0.15, 0.2) is 12.2 Å². The molecular formula is C7H8O. The van der Waals surface area contributed by atoms with Crippen molar-refractivity contribution in [1.82, 2.24) is 0 Å². The van der Waals surface area contributed by atoms with Crippen molar-refractivity contribution >= 4 is 0 Å². The summed E-state index contributed by atoms with van der Waals surface area (Å²) in [7, 11) is 0. The zero-order chi connectivity index (χ0) is 5.30. The van der Waals surface area contributed by atoms with Gasteiger partial charge in [-0.3, -0.25) is 0 Å². The smallest absolute Gasteiger partial charge is 0.0755 e. The summed E-state index contributed by atoms with van der Waals surface area (Å²) >= 11 is 0. The highest BCUT2D eigenvalue weighted by molar-refractivity contribution is 5.33. The van der Waals surface area contributed by atoms with Crippen LogP contribution in [0.5, 0.6) is 0 Å². The molecule has 0 heterocycles. The topological polar surface area (TPSA) is 20.2 Å². The lowest BCUT2D eigenvalue weighted by Gasteiger charge is -2.17. The van der Waals surface area contributed by atoms with Gasteiger partial charge in [0.25, 0.3) is 0 Å². The highest BCUT2D eigenvalue weighted by atomic mass is 16.3. The molecule has 1 heteroatoms. The van der Waals surface area contributed by atoms with Crippen LogP contribution >= 0.6 is 0 Å². The predicted molar refractivity (Wildman–Crippen MR) is 29.1 cm³/mol. The SMILES string of the molecule is O[C@H]1C=CC2C3C1[C@H]23. The summed E-state index contributed by atoms with van der Waals surface area (Å²) in [6.07, 6.45) is 4.06. The molecule has 4 aliphatic carbocycles. The molecule has 2 bridgehead atoms. The summed E-state index contributed by atoms with van der Waals surface area (Å²) in [5.74, 6) is 3.46. The zero-order valence-electron chi connectivity index (χ0n) is 4.49. The minimum atomic E-state index is -0.0741. The van der Waals surface area contributed by atoms with Crippen molar-refractivity contribution in [3.63, 3.8) is 0 Å². The first kappa shape index (κ1) is 3.67. The van der Waals surface area contributed by atoms with E-state index in [9.17, 15) is 0 Å². The van der Waals surface area contributed by atoms with Gasteiger partial charge in [0, 0.05) is 0 Å². The van der Waals surface area contributed by atoms with Gasteiger partial charge in [-0.25, -0.2) is 0 Å². The summed E-state index contributed by atoms with van der Waals surface area (Å²) in [5, 5.41) is 9.15. The molecule has 8 heavy (non-hydrogen) atoms. The molecule has 2 fully saturated rings. The molecule has 0 aliphatic heterocycles. The maximum atomic E-state index is 9.15. The molecule has 3 unspecified atom stereocenters. The van der Waals surface area contributed by atoms with E-state index in [1.807, 2.05) is 6.08 Å². The van der Waals surface area contributed by atoms with Crippen LogP contribution in [0.2, 0.25) is 0 Å². The third kappa shape index (κ3) is 0.206. The average molecular weight is 108 g/mol. The second-order valence-electron chi connectivity index (χ2n) is 3.18. The standard InChI is InChI=1S/C7H8O/c8-4-2-1-3-5-6(3)7(4)5/h1-8H/t3?,4-,5+,6?,7?/m0/s1. The van der Waals surface area contributed by atoms with Crippen molar-refractivity contribution in [3.8, 4) is 0 Å². The second kappa shape index (κ2) is 0.781. The Morgan fingerprint density at radius 1 is 1.00 bits per heavy atom. The number of hydrogen-bond donors (Lipinski definition) is 1. The maximum Gasteiger partial charge on any atom is 0.0755 e. The van der Waals surface area contributed by atoms with Crippen molar-refractivity contribution in [1.29, 1.82) is 0 Å². The molecule has 42 valence electrons. The van der Waals surface area contributed by atoms with Gasteiger partial charge in [-0.1, -0.05) is 12.2 Å². The van der Waals surface area contributed by atoms with Crippen LogP contribution in [0.25, 0.3) is 0 Å². The third-order valence-electron chi connectivity index (χ3n) is 2.87. The highest BCUT2D eigenvalue weighted by Crippen LogP contribution is 2.76. The van der Waals surface area contributed by atoms with Gasteiger partial charge in [0.2, 0.25) is 0 Å². The van der Waals surface area contributed by atoms with Crippen LogP contribution in [-0.2, 0) is 0 Å². The quantitative estimate of drug-likeness (QED) is 0.445. The van der Waals surface area contributed by atoms with Gasteiger partial charge < -0.3 is 5.11 Å². The largest absolute Gasteiger partial charge is 0.389 e. The summed E-state index contributed by atoms with van der Waals surface area (Å²) in [6, 6.07) is 0. The Balaban J connectivity index is 2.05. The number of allylic oxidation sites excluding steroid dienone is 1. The van der Waals surface area contributed by atoms with Crippen molar-refractivity contribution in [2.75, 3.05) is 0 Å². The lowest BCUT2D eigenvalue weighted by atomic mass is 9.93. The van der Waals surface area contributed by atoms with Crippen LogP contribution in [0.1, 0.15) is 0 Å². The third-order valence-corrected chi connectivity index (χ3v) is 2.87. The molecule has 0 amide bonds. The molecule has 0 radical (unpaired) electrons. The fourth-order valence-electron chi connectivity index (χ4n) is 2.22. The maximum absolute atomic E-state index is 9.15. The Morgan fingerprint density at radius 3 is 2.12 bits per heavy atom. The van der Waals surface area contributed by atoms with Gasteiger partial charge in [-0.2, -0.15) is 0 Å². The monoisotopic (exact) mass is 108 g/mol. The minimum Gasteiger partial charge on any atom is -0.389 e. The molecule has 1 nitrogen and oxygen atoms in total. The van der Waals surface area contributed by atoms with Gasteiger partial charge in [0.05, 0.1) is 6.10 Å². The first-order valence-electron chi connectivity index (χ1n) is 3.26. The summed E-state index contributed by atoms with van der Waals surface area (Å²) in [4.78, 5) is 0. The number of rotatable bonds is 0. The van der Waals surface area contributed by atoms with Gasteiger partial charge in [-0.15, -0.1) is 0 Å². The van der Waals surface area contributed by atoms with Crippen molar-refractivity contribution in [2.45, 2.75) is 6.10 Å². The normalized spacial score (nSPS) is 71.9. The van der Waals surface area contributed by atoms with Crippen molar-refractivity contribution in [2.24, 2.45) is 23.7 Å². The predicted octanol–water partition coefficient (Wildman–Crippen LogP) is 0.409. The van der Waals surface area contributed by atoms with Crippen LogP contribution in [0.4, 0.5) is 0 Å². The summed E-state index contributed by atoms with van der Waals surface area (Å²) in [6.45, 7) is 0. The van der Waals surface area contributed by atoms with Crippen molar-refractivity contribution < 1.29 is 5.11 Å². The van der Waals surface area contributed by atoms with Gasteiger partial charge in [0.15, 0.2) is 0 Å². The highest BCUT2D eigenvalue weighted by Gasteiger charge is 2.75. The molecule has 0 aromatic carbocycles. The van der Waals surface area contributed by atoms with E-state index in [1.54, 1.807) is 0 Å². The van der Waals surface area contributed by atoms with Crippen LogP contribution in [-0.4, -0.2) is 11.2 Å². The summed E-state index contributed by atoms with van der Waals surface area (Å²) < 4.78 is 0. The number of aliphatic hydroxyl groups excluding tert-OH is 1. The Labute approximate surface area is 48.0 Å². The fraction of sp³-hybridized carbons (Fsp3) is 0.714. The minimum absolute atomic E-state index is 0.0741. The molecule has 0 aromatic heterocycles. The van der Waals surface area contributed by atoms with Gasteiger partial charge in [-0.05, 0) is 23.7 Å². The molecule has 4 aliphatic rings. The molecule has 0 spiro atoms. The molecule has 0 aromatic rings. The van der Waals surface area contributed by atoms with E-state index >= 15 is 0 Å². The molecule has 2 saturated carbocycles. The fourth-order valence-corrected chi connectivity index (χ4v) is 2.22. The lowest BCUT2D eigenvalue weighted by molar-refractivity contribution is 0.157. The number of fused-ring (bicyclic) bond motifs is 1. The number of hydrogen-bond acceptors (Lipinski definition) is 1. The van der Waals surface area contributed by atoms with Crippen LogP contribution < -0.4 is 0 Å². The Bertz CT molecular complexity index is 163. The van der Waals surface area contributed by atoms with Crippen molar-refractivity contribution in [3.05, 3.63) is 12.2 Å². The molecular weight excluding hydrogens is 100 g/mol. The first-order chi connectivity index (χ1) is 3.89. The number of aliphatic hydroxyl groups is 1. The van der Waals surface area contributed by atoms with E-state index in [-0.39, 0.29) is 6.10 Å². The van der Waals surface area contributed by atoms with E-state index in [0.717, 1.165) is 17.8 Å². The molecule has 0 saturated heterocycles. The van der Waals surface area contributed by atoms with Crippen LogP contribution in [0.3, 0.4) is 0 Å². The first-order valence-corrected chi connectivity index (χ1v) is 3.26.